The van der Waals surface area contributed by atoms with Crippen LogP contribution in [0.5, 0.6) is 0 Å². The van der Waals surface area contributed by atoms with Crippen LogP contribution in [0.2, 0.25) is 0 Å². The van der Waals surface area contributed by atoms with Crippen LogP contribution in [0, 0.1) is 11.3 Å². The Hall–Kier alpha value is -0.550. The van der Waals surface area contributed by atoms with Gasteiger partial charge in [0.15, 0.2) is 0 Å². The Bertz CT molecular complexity index is 173. The highest BCUT2D eigenvalue weighted by atomic mass is 15.1. The van der Waals surface area contributed by atoms with Gasteiger partial charge in [0.25, 0.3) is 0 Å². The zero-order valence-electron chi connectivity index (χ0n) is 8.14. The third kappa shape index (κ3) is 1.78. The molecule has 68 valence electrons. The molecule has 0 aromatic heterocycles. The molecule has 0 amide bonds. The lowest BCUT2D eigenvalue weighted by atomic mass is 9.79. The van der Waals surface area contributed by atoms with Crippen molar-refractivity contribution in [2.45, 2.75) is 44.1 Å². The van der Waals surface area contributed by atoms with Gasteiger partial charge in [-0.2, -0.15) is 5.26 Å². The Balaban J connectivity index is 2.64. The molecule has 0 aliphatic heterocycles. The zero-order chi connectivity index (χ0) is 9.03. The van der Waals surface area contributed by atoms with Gasteiger partial charge in [-0.25, -0.2) is 0 Å². The van der Waals surface area contributed by atoms with E-state index in [4.69, 9.17) is 5.26 Å². The summed E-state index contributed by atoms with van der Waals surface area (Å²) in [7, 11) is 4.20. The van der Waals surface area contributed by atoms with Crippen LogP contribution in [-0.4, -0.2) is 24.5 Å². The van der Waals surface area contributed by atoms with Crippen molar-refractivity contribution in [1.29, 1.82) is 5.26 Å². The molecule has 1 saturated carbocycles. The first-order valence-corrected chi connectivity index (χ1v) is 4.76. The first-order valence-electron chi connectivity index (χ1n) is 4.76. The molecule has 12 heavy (non-hydrogen) atoms. The smallest absolute Gasteiger partial charge is 0.0641 e. The van der Waals surface area contributed by atoms with Crippen molar-refractivity contribution in [1.82, 2.24) is 4.90 Å². The highest BCUT2D eigenvalue weighted by molar-refractivity contribution is 4.97. The van der Waals surface area contributed by atoms with Gasteiger partial charge in [-0.1, -0.05) is 19.3 Å². The molecule has 0 bridgehead atoms. The molecular weight excluding hydrogens is 148 g/mol. The van der Waals surface area contributed by atoms with Gasteiger partial charge in [0.05, 0.1) is 12.5 Å². The van der Waals surface area contributed by atoms with E-state index in [0.29, 0.717) is 6.42 Å². The standard InChI is InChI=1S/C10H18N2/c1-12(2)10(8-9-11)6-4-3-5-7-10/h3-8H2,1-2H3. The highest BCUT2D eigenvalue weighted by Crippen LogP contribution is 2.34. The lowest BCUT2D eigenvalue weighted by molar-refractivity contribution is 0.105. The second-order valence-corrected chi connectivity index (χ2v) is 4.01. The molecule has 2 nitrogen and oxygen atoms in total. The quantitative estimate of drug-likeness (QED) is 0.628. The van der Waals surface area contributed by atoms with Crippen molar-refractivity contribution in [2.24, 2.45) is 0 Å². The molecule has 0 N–H and O–H groups in total. The molecule has 1 fully saturated rings. The van der Waals surface area contributed by atoms with E-state index in [9.17, 15) is 0 Å². The Morgan fingerprint density at radius 1 is 1.25 bits per heavy atom. The van der Waals surface area contributed by atoms with Crippen molar-refractivity contribution < 1.29 is 0 Å². The van der Waals surface area contributed by atoms with Crippen LogP contribution in [0.15, 0.2) is 0 Å². The van der Waals surface area contributed by atoms with Gasteiger partial charge in [0.2, 0.25) is 0 Å². The summed E-state index contributed by atoms with van der Waals surface area (Å²) >= 11 is 0. The van der Waals surface area contributed by atoms with Crippen molar-refractivity contribution in [3.8, 4) is 6.07 Å². The van der Waals surface area contributed by atoms with Crippen LogP contribution in [-0.2, 0) is 0 Å². The molecule has 0 heterocycles. The fourth-order valence-electron chi connectivity index (χ4n) is 2.14. The summed E-state index contributed by atoms with van der Waals surface area (Å²) in [5.41, 5.74) is 0.201. The normalized spacial score (nSPS) is 22.2. The summed E-state index contributed by atoms with van der Waals surface area (Å²) in [5, 5.41) is 8.76. The van der Waals surface area contributed by atoms with Crippen molar-refractivity contribution in [2.75, 3.05) is 14.1 Å². The van der Waals surface area contributed by atoms with Gasteiger partial charge < -0.3 is 4.90 Å². The summed E-state index contributed by atoms with van der Waals surface area (Å²) in [5.74, 6) is 0. The Kier molecular flexibility index (Phi) is 3.11. The summed E-state index contributed by atoms with van der Waals surface area (Å²) < 4.78 is 0. The molecule has 0 spiro atoms. The minimum atomic E-state index is 0.201. The van der Waals surface area contributed by atoms with Gasteiger partial charge >= 0.3 is 0 Å². The maximum atomic E-state index is 8.76. The predicted octanol–water partition coefficient (Wildman–Crippen LogP) is 2.16. The minimum Gasteiger partial charge on any atom is -0.303 e. The molecule has 0 radical (unpaired) electrons. The van der Waals surface area contributed by atoms with Crippen LogP contribution >= 0.6 is 0 Å². The van der Waals surface area contributed by atoms with Gasteiger partial charge in [-0.05, 0) is 26.9 Å². The van der Waals surface area contributed by atoms with Crippen LogP contribution in [0.3, 0.4) is 0 Å². The molecule has 0 aromatic carbocycles. The van der Waals surface area contributed by atoms with Gasteiger partial charge in [0, 0.05) is 5.54 Å². The van der Waals surface area contributed by atoms with Gasteiger partial charge in [-0.3, -0.25) is 0 Å². The summed E-state index contributed by atoms with van der Waals surface area (Å²) in [6.45, 7) is 0. The van der Waals surface area contributed by atoms with Crippen molar-refractivity contribution in [3.05, 3.63) is 0 Å². The average Bonchev–Trinajstić information content (AvgIpc) is 2.06. The number of rotatable bonds is 2. The van der Waals surface area contributed by atoms with Crippen LogP contribution in [0.25, 0.3) is 0 Å². The van der Waals surface area contributed by atoms with Gasteiger partial charge in [-0.15, -0.1) is 0 Å². The van der Waals surface area contributed by atoms with Crippen LogP contribution in [0.4, 0.5) is 0 Å². The first kappa shape index (κ1) is 9.54. The molecule has 1 aliphatic rings. The van der Waals surface area contributed by atoms with Crippen LogP contribution < -0.4 is 0 Å². The number of nitriles is 1. The average molecular weight is 166 g/mol. The molecule has 0 saturated heterocycles. The fraction of sp³-hybridized carbons (Fsp3) is 0.900. The monoisotopic (exact) mass is 166 g/mol. The molecule has 1 rings (SSSR count). The Morgan fingerprint density at radius 3 is 2.25 bits per heavy atom. The summed E-state index contributed by atoms with van der Waals surface area (Å²) in [6, 6.07) is 2.32. The number of hydrogen-bond acceptors (Lipinski definition) is 2. The van der Waals surface area contributed by atoms with Gasteiger partial charge in [0.1, 0.15) is 0 Å². The minimum absolute atomic E-state index is 0.201. The Labute approximate surface area is 75.2 Å². The Morgan fingerprint density at radius 2 is 1.83 bits per heavy atom. The molecule has 0 atom stereocenters. The number of nitrogens with zero attached hydrogens (tertiary/aromatic N) is 2. The highest BCUT2D eigenvalue weighted by Gasteiger charge is 2.33. The van der Waals surface area contributed by atoms with E-state index in [2.05, 4.69) is 25.1 Å². The second kappa shape index (κ2) is 3.91. The van der Waals surface area contributed by atoms with Crippen molar-refractivity contribution >= 4 is 0 Å². The maximum absolute atomic E-state index is 8.76. The molecule has 2 heteroatoms. The van der Waals surface area contributed by atoms with E-state index in [-0.39, 0.29) is 5.54 Å². The summed E-state index contributed by atoms with van der Waals surface area (Å²) in [6.07, 6.45) is 7.03. The van der Waals surface area contributed by atoms with E-state index >= 15 is 0 Å². The SMILES string of the molecule is CN(C)C1(CC#N)CCCCC1. The van der Waals surface area contributed by atoms with E-state index in [0.717, 1.165) is 0 Å². The lowest BCUT2D eigenvalue weighted by Gasteiger charge is -2.41. The zero-order valence-corrected chi connectivity index (χ0v) is 8.14. The van der Waals surface area contributed by atoms with E-state index in [1.807, 2.05) is 0 Å². The van der Waals surface area contributed by atoms with E-state index in [1.165, 1.54) is 32.1 Å². The van der Waals surface area contributed by atoms with E-state index < -0.39 is 0 Å². The van der Waals surface area contributed by atoms with Crippen LogP contribution in [0.1, 0.15) is 38.5 Å². The third-order valence-corrected chi connectivity index (χ3v) is 3.14. The third-order valence-electron chi connectivity index (χ3n) is 3.14. The largest absolute Gasteiger partial charge is 0.303 e. The molecular formula is C10H18N2. The fourth-order valence-corrected chi connectivity index (χ4v) is 2.14. The molecule has 0 aromatic rings. The number of hydrogen-bond donors (Lipinski definition) is 0. The lowest BCUT2D eigenvalue weighted by Crippen LogP contribution is -2.45. The predicted molar refractivity (Wildman–Crippen MR) is 49.7 cm³/mol. The van der Waals surface area contributed by atoms with Crippen molar-refractivity contribution in [3.63, 3.8) is 0 Å². The maximum Gasteiger partial charge on any atom is 0.0641 e. The second-order valence-electron chi connectivity index (χ2n) is 4.01. The topological polar surface area (TPSA) is 27.0 Å². The molecule has 0 unspecified atom stereocenters. The first-order chi connectivity index (χ1) is 5.71. The summed E-state index contributed by atoms with van der Waals surface area (Å²) in [4.78, 5) is 2.25. The molecule has 1 aliphatic carbocycles. The van der Waals surface area contributed by atoms with E-state index in [1.54, 1.807) is 0 Å².